The Kier molecular flexibility index (Phi) is 3.66. The molecule has 1 rings (SSSR count). The molecule has 0 amide bonds. The van der Waals surface area contributed by atoms with Gasteiger partial charge >= 0.3 is 0 Å². The molecule has 0 bridgehead atoms. The van der Waals surface area contributed by atoms with Crippen molar-refractivity contribution in [2.24, 2.45) is 0 Å². The smallest absolute Gasteiger partial charge is 0.131 e. The molecule has 0 aliphatic heterocycles. The van der Waals surface area contributed by atoms with Gasteiger partial charge in [0.25, 0.3) is 0 Å². The Morgan fingerprint density at radius 1 is 1.54 bits per heavy atom. The van der Waals surface area contributed by atoms with Crippen molar-refractivity contribution < 1.29 is 4.39 Å². The molecule has 1 nitrogen and oxygen atoms in total. The minimum Gasteiger partial charge on any atom is -0.206 e. The number of nitriles is 1. The van der Waals surface area contributed by atoms with Gasteiger partial charge in [0.2, 0.25) is 0 Å². The Hall–Kier alpha value is -1.14. The van der Waals surface area contributed by atoms with Crippen LogP contribution in [0.3, 0.4) is 0 Å². The molecule has 1 aromatic carbocycles. The summed E-state index contributed by atoms with van der Waals surface area (Å²) in [7, 11) is 0. The summed E-state index contributed by atoms with van der Waals surface area (Å²) in [6.45, 7) is 0. The number of hydrogen-bond donors (Lipinski definition) is 0. The van der Waals surface area contributed by atoms with E-state index in [-0.39, 0.29) is 5.82 Å². The fourth-order valence-corrected chi connectivity index (χ4v) is 1.37. The van der Waals surface area contributed by atoms with Crippen LogP contribution in [0.15, 0.2) is 28.7 Å². The van der Waals surface area contributed by atoms with Gasteiger partial charge in [-0.2, -0.15) is 5.26 Å². The van der Waals surface area contributed by atoms with Crippen LogP contribution >= 0.6 is 15.9 Å². The van der Waals surface area contributed by atoms with Gasteiger partial charge in [0.1, 0.15) is 5.82 Å². The summed E-state index contributed by atoms with van der Waals surface area (Å²) >= 11 is 3.23. The molecular weight excluding hydrogens is 233 g/mol. The zero-order chi connectivity index (χ0) is 9.68. The maximum absolute atomic E-state index is 13.1. The second-order valence-corrected chi connectivity index (χ2v) is 3.25. The van der Waals surface area contributed by atoms with E-state index < -0.39 is 0 Å². The third-order valence-corrected chi connectivity index (χ3v) is 2.18. The third kappa shape index (κ3) is 2.67. The molecule has 1 aromatic rings. The van der Waals surface area contributed by atoms with Crippen LogP contribution < -0.4 is 0 Å². The van der Waals surface area contributed by atoms with E-state index in [1.807, 2.05) is 6.07 Å². The van der Waals surface area contributed by atoms with E-state index in [9.17, 15) is 4.39 Å². The first-order valence-corrected chi connectivity index (χ1v) is 4.52. The Morgan fingerprint density at radius 2 is 2.31 bits per heavy atom. The molecule has 0 aromatic heterocycles. The fourth-order valence-electron chi connectivity index (χ4n) is 0.899. The average molecular weight is 240 g/mol. The topological polar surface area (TPSA) is 23.8 Å². The van der Waals surface area contributed by atoms with Crippen LogP contribution in [0.1, 0.15) is 12.0 Å². The van der Waals surface area contributed by atoms with E-state index in [0.717, 1.165) is 0 Å². The van der Waals surface area contributed by atoms with Crippen LogP contribution in [0, 0.1) is 17.1 Å². The first kappa shape index (κ1) is 9.94. The maximum atomic E-state index is 13.1. The van der Waals surface area contributed by atoms with Crippen LogP contribution in [0.2, 0.25) is 0 Å². The van der Waals surface area contributed by atoms with Crippen LogP contribution in [0.4, 0.5) is 4.39 Å². The highest BCUT2D eigenvalue weighted by Crippen LogP contribution is 2.20. The molecule has 0 fully saturated rings. The lowest BCUT2D eigenvalue weighted by molar-refractivity contribution is 0.624. The molecule has 0 atom stereocenters. The summed E-state index contributed by atoms with van der Waals surface area (Å²) in [6.07, 6.45) is 3.52. The van der Waals surface area contributed by atoms with E-state index in [2.05, 4.69) is 15.9 Å². The van der Waals surface area contributed by atoms with Gasteiger partial charge in [-0.25, -0.2) is 4.39 Å². The first-order chi connectivity index (χ1) is 6.25. The van der Waals surface area contributed by atoms with Crippen molar-refractivity contribution in [2.75, 3.05) is 0 Å². The Morgan fingerprint density at radius 3 is 2.92 bits per heavy atom. The van der Waals surface area contributed by atoms with E-state index in [1.165, 1.54) is 6.07 Å². The minimum absolute atomic E-state index is 0.288. The third-order valence-electron chi connectivity index (χ3n) is 1.49. The van der Waals surface area contributed by atoms with Gasteiger partial charge < -0.3 is 0 Å². The van der Waals surface area contributed by atoms with Crippen LogP contribution in [-0.2, 0) is 0 Å². The Balaban J connectivity index is 2.94. The number of halogens is 2. The normalized spacial score (nSPS) is 10.2. The summed E-state index contributed by atoms with van der Waals surface area (Å²) in [4.78, 5) is 0. The molecule has 0 radical (unpaired) electrons. The van der Waals surface area contributed by atoms with E-state index in [0.29, 0.717) is 16.5 Å². The number of nitrogens with zero attached hydrogens (tertiary/aromatic N) is 1. The van der Waals surface area contributed by atoms with E-state index >= 15 is 0 Å². The van der Waals surface area contributed by atoms with Gasteiger partial charge in [-0.15, -0.1) is 0 Å². The molecule has 0 spiro atoms. The highest BCUT2D eigenvalue weighted by molar-refractivity contribution is 9.10. The largest absolute Gasteiger partial charge is 0.206 e. The van der Waals surface area contributed by atoms with Crippen molar-refractivity contribution in [3.8, 4) is 6.07 Å². The molecule has 13 heavy (non-hydrogen) atoms. The molecule has 66 valence electrons. The minimum atomic E-state index is -0.288. The summed E-state index contributed by atoms with van der Waals surface area (Å²) in [5.74, 6) is -0.288. The molecule has 0 aliphatic rings. The van der Waals surface area contributed by atoms with Crippen LogP contribution in [-0.4, -0.2) is 0 Å². The van der Waals surface area contributed by atoms with Crippen molar-refractivity contribution >= 4 is 22.0 Å². The highest BCUT2D eigenvalue weighted by atomic mass is 79.9. The van der Waals surface area contributed by atoms with Gasteiger partial charge in [-0.05, 0) is 12.1 Å². The van der Waals surface area contributed by atoms with E-state index in [1.54, 1.807) is 24.3 Å². The molecule has 0 aliphatic carbocycles. The highest BCUT2D eigenvalue weighted by Gasteiger charge is 2.01. The lowest BCUT2D eigenvalue weighted by atomic mass is 10.2. The lowest BCUT2D eigenvalue weighted by Crippen LogP contribution is -1.82. The number of benzene rings is 1. The second-order valence-electron chi connectivity index (χ2n) is 2.40. The molecule has 0 unspecified atom stereocenters. The summed E-state index contributed by atoms with van der Waals surface area (Å²) in [6, 6.07) is 6.72. The second kappa shape index (κ2) is 4.78. The van der Waals surface area contributed by atoms with Gasteiger partial charge in [0, 0.05) is 10.0 Å². The monoisotopic (exact) mass is 239 g/mol. The predicted molar refractivity (Wildman–Crippen MR) is 53.4 cm³/mol. The first-order valence-electron chi connectivity index (χ1n) is 3.73. The number of rotatable bonds is 2. The van der Waals surface area contributed by atoms with Gasteiger partial charge in [-0.1, -0.05) is 34.1 Å². The summed E-state index contributed by atoms with van der Waals surface area (Å²) in [5, 5.41) is 8.28. The van der Waals surface area contributed by atoms with Crippen molar-refractivity contribution in [1.82, 2.24) is 0 Å². The fraction of sp³-hybridized carbons (Fsp3) is 0.100. The zero-order valence-corrected chi connectivity index (χ0v) is 8.38. The summed E-state index contributed by atoms with van der Waals surface area (Å²) in [5.41, 5.74) is 0.484. The molecule has 0 heterocycles. The van der Waals surface area contributed by atoms with Crippen molar-refractivity contribution in [3.05, 3.63) is 40.1 Å². The Bertz CT molecular complexity index is 345. The molecule has 0 N–H and O–H groups in total. The van der Waals surface area contributed by atoms with Crippen LogP contribution in [0.25, 0.3) is 6.08 Å². The van der Waals surface area contributed by atoms with Crippen molar-refractivity contribution in [1.29, 1.82) is 5.26 Å². The average Bonchev–Trinajstić information content (AvgIpc) is 2.10. The van der Waals surface area contributed by atoms with E-state index in [4.69, 9.17) is 5.26 Å². The quantitative estimate of drug-likeness (QED) is 0.775. The lowest BCUT2D eigenvalue weighted by Gasteiger charge is -1.98. The number of allylic oxidation sites excluding steroid dienone is 1. The SMILES string of the molecule is N#CCC=Cc1c(F)cccc1Br. The predicted octanol–water partition coefficient (Wildman–Crippen LogP) is 3.52. The molecule has 0 saturated carbocycles. The van der Waals surface area contributed by atoms with Gasteiger partial charge in [-0.3, -0.25) is 0 Å². The van der Waals surface area contributed by atoms with Gasteiger partial charge in [0.05, 0.1) is 12.5 Å². The molecule has 3 heteroatoms. The number of hydrogen-bond acceptors (Lipinski definition) is 1. The van der Waals surface area contributed by atoms with Crippen LogP contribution in [0.5, 0.6) is 0 Å². The van der Waals surface area contributed by atoms with Crippen molar-refractivity contribution in [2.45, 2.75) is 6.42 Å². The van der Waals surface area contributed by atoms with Crippen molar-refractivity contribution in [3.63, 3.8) is 0 Å². The summed E-state index contributed by atoms with van der Waals surface area (Å²) < 4.78 is 13.8. The molecule has 0 saturated heterocycles. The Labute approximate surface area is 84.6 Å². The molecular formula is C10H7BrFN. The maximum Gasteiger partial charge on any atom is 0.131 e. The van der Waals surface area contributed by atoms with Gasteiger partial charge in [0.15, 0.2) is 0 Å². The standard InChI is InChI=1S/C10H7BrFN/c11-9-5-3-6-10(12)8(9)4-1-2-7-13/h1,3-6H,2H2. The zero-order valence-electron chi connectivity index (χ0n) is 6.80.